The zero-order valence-electron chi connectivity index (χ0n) is 9.71. The highest BCUT2D eigenvalue weighted by atomic mass is 16.1. The van der Waals surface area contributed by atoms with E-state index in [-0.39, 0.29) is 0 Å². The Morgan fingerprint density at radius 3 is 2.22 bits per heavy atom. The third kappa shape index (κ3) is 2.93. The topological polar surface area (TPSA) is 40.9 Å². The molecule has 0 spiro atoms. The summed E-state index contributed by atoms with van der Waals surface area (Å²) in [5.74, 6) is 0. The van der Waals surface area contributed by atoms with Crippen molar-refractivity contribution in [1.29, 1.82) is 5.26 Å². The van der Waals surface area contributed by atoms with Gasteiger partial charge in [-0.15, -0.1) is 0 Å². The summed E-state index contributed by atoms with van der Waals surface area (Å²) in [6.45, 7) is 0. The highest BCUT2D eigenvalue weighted by Gasteiger charge is 1.92. The van der Waals surface area contributed by atoms with Crippen molar-refractivity contribution in [3.63, 3.8) is 0 Å². The van der Waals surface area contributed by atoms with E-state index >= 15 is 0 Å². The lowest BCUT2D eigenvalue weighted by atomic mass is 10.1. The molecule has 0 unspecified atom stereocenters. The van der Waals surface area contributed by atoms with E-state index < -0.39 is 0 Å². The molecule has 2 aromatic carbocycles. The molecule has 0 atom stereocenters. The predicted octanol–water partition coefficient (Wildman–Crippen LogP) is 3.54. The van der Waals surface area contributed by atoms with Gasteiger partial charge in [0.25, 0.3) is 0 Å². The molecule has 86 valence electrons. The SMILES string of the molecule is N#Cc1cccc(C=Cc2ccc(C=O)cc2)c1. The van der Waals surface area contributed by atoms with E-state index in [1.54, 1.807) is 18.2 Å². The maximum Gasteiger partial charge on any atom is 0.150 e. The molecule has 0 aromatic heterocycles. The average molecular weight is 233 g/mol. The molecule has 0 aliphatic carbocycles. The fraction of sp³-hybridized carbons (Fsp3) is 0. The van der Waals surface area contributed by atoms with Gasteiger partial charge in [0.15, 0.2) is 0 Å². The molecule has 0 aliphatic rings. The van der Waals surface area contributed by atoms with Crippen LogP contribution in [0.2, 0.25) is 0 Å². The molecule has 0 heterocycles. The van der Waals surface area contributed by atoms with Crippen LogP contribution >= 0.6 is 0 Å². The molecule has 18 heavy (non-hydrogen) atoms. The molecule has 0 amide bonds. The predicted molar refractivity (Wildman–Crippen MR) is 71.9 cm³/mol. The van der Waals surface area contributed by atoms with Crippen LogP contribution in [0.1, 0.15) is 27.0 Å². The molecule has 0 radical (unpaired) electrons. The summed E-state index contributed by atoms with van der Waals surface area (Å²) >= 11 is 0. The van der Waals surface area contributed by atoms with Crippen molar-refractivity contribution >= 4 is 18.4 Å². The molecular formula is C16H11NO. The Bertz CT molecular complexity index is 618. The number of hydrogen-bond acceptors (Lipinski definition) is 2. The van der Waals surface area contributed by atoms with E-state index in [4.69, 9.17) is 5.26 Å². The normalized spacial score (nSPS) is 10.2. The maximum absolute atomic E-state index is 10.5. The third-order valence-electron chi connectivity index (χ3n) is 2.56. The number of nitriles is 1. The van der Waals surface area contributed by atoms with E-state index in [2.05, 4.69) is 6.07 Å². The van der Waals surface area contributed by atoms with Crippen molar-refractivity contribution in [3.8, 4) is 6.07 Å². The van der Waals surface area contributed by atoms with Crippen LogP contribution in [0.15, 0.2) is 48.5 Å². The van der Waals surface area contributed by atoms with Gasteiger partial charge in [0.2, 0.25) is 0 Å². The van der Waals surface area contributed by atoms with Crippen molar-refractivity contribution in [2.24, 2.45) is 0 Å². The van der Waals surface area contributed by atoms with Crippen molar-refractivity contribution in [2.45, 2.75) is 0 Å². The van der Waals surface area contributed by atoms with Gasteiger partial charge >= 0.3 is 0 Å². The van der Waals surface area contributed by atoms with Crippen LogP contribution in [0.25, 0.3) is 12.2 Å². The van der Waals surface area contributed by atoms with Crippen molar-refractivity contribution in [1.82, 2.24) is 0 Å². The zero-order chi connectivity index (χ0) is 12.8. The summed E-state index contributed by atoms with van der Waals surface area (Å²) in [5.41, 5.74) is 3.31. The second kappa shape index (κ2) is 5.60. The van der Waals surface area contributed by atoms with E-state index in [9.17, 15) is 4.79 Å². The molecule has 2 heteroatoms. The maximum atomic E-state index is 10.5. The molecular weight excluding hydrogens is 222 g/mol. The van der Waals surface area contributed by atoms with Crippen LogP contribution in [0, 0.1) is 11.3 Å². The minimum Gasteiger partial charge on any atom is -0.298 e. The largest absolute Gasteiger partial charge is 0.298 e. The first-order valence-corrected chi connectivity index (χ1v) is 5.55. The fourth-order valence-electron chi connectivity index (χ4n) is 1.59. The lowest BCUT2D eigenvalue weighted by molar-refractivity contribution is 0.112. The molecule has 2 rings (SSSR count). The minimum absolute atomic E-state index is 0.647. The Balaban J connectivity index is 2.19. The number of benzene rings is 2. The van der Waals surface area contributed by atoms with Crippen LogP contribution in [0.5, 0.6) is 0 Å². The lowest BCUT2D eigenvalue weighted by Crippen LogP contribution is -1.79. The summed E-state index contributed by atoms with van der Waals surface area (Å²) < 4.78 is 0. The van der Waals surface area contributed by atoms with Gasteiger partial charge in [0, 0.05) is 5.56 Å². The summed E-state index contributed by atoms with van der Waals surface area (Å²) in [6.07, 6.45) is 4.71. The highest BCUT2D eigenvalue weighted by molar-refractivity contribution is 5.76. The summed E-state index contributed by atoms with van der Waals surface area (Å²) in [7, 11) is 0. The van der Waals surface area contributed by atoms with Crippen LogP contribution in [0.4, 0.5) is 0 Å². The van der Waals surface area contributed by atoms with Gasteiger partial charge in [0.1, 0.15) is 6.29 Å². The smallest absolute Gasteiger partial charge is 0.150 e. The molecule has 0 saturated carbocycles. The Morgan fingerprint density at radius 2 is 1.56 bits per heavy atom. The molecule has 0 aliphatic heterocycles. The second-order valence-electron chi connectivity index (χ2n) is 3.86. The zero-order valence-corrected chi connectivity index (χ0v) is 9.71. The van der Waals surface area contributed by atoms with Crippen LogP contribution in [-0.4, -0.2) is 6.29 Å². The Kier molecular flexibility index (Phi) is 3.68. The van der Waals surface area contributed by atoms with Crippen LogP contribution in [-0.2, 0) is 0 Å². The van der Waals surface area contributed by atoms with Gasteiger partial charge in [-0.05, 0) is 23.3 Å². The van der Waals surface area contributed by atoms with E-state index in [0.717, 1.165) is 17.4 Å². The Hall–Kier alpha value is -2.66. The molecule has 0 saturated heterocycles. The number of nitrogens with zero attached hydrogens (tertiary/aromatic N) is 1. The van der Waals surface area contributed by atoms with Gasteiger partial charge in [-0.1, -0.05) is 48.6 Å². The first-order valence-electron chi connectivity index (χ1n) is 5.55. The standard InChI is InChI=1S/C16H11NO/c17-11-16-3-1-2-14(10-16)7-4-13-5-8-15(12-18)9-6-13/h1-10,12H. The van der Waals surface area contributed by atoms with E-state index in [1.807, 2.05) is 42.5 Å². The molecule has 0 bridgehead atoms. The summed E-state index contributed by atoms with van der Waals surface area (Å²) in [4.78, 5) is 10.5. The minimum atomic E-state index is 0.647. The first-order chi connectivity index (χ1) is 8.81. The fourth-order valence-corrected chi connectivity index (χ4v) is 1.59. The number of rotatable bonds is 3. The second-order valence-corrected chi connectivity index (χ2v) is 3.86. The number of carbonyl (C=O) groups is 1. The van der Waals surface area contributed by atoms with Crippen LogP contribution in [0.3, 0.4) is 0 Å². The van der Waals surface area contributed by atoms with Crippen molar-refractivity contribution in [2.75, 3.05) is 0 Å². The highest BCUT2D eigenvalue weighted by Crippen LogP contribution is 2.10. The van der Waals surface area contributed by atoms with Gasteiger partial charge in [-0.2, -0.15) is 5.26 Å². The van der Waals surface area contributed by atoms with Gasteiger partial charge in [-0.25, -0.2) is 0 Å². The number of carbonyl (C=O) groups excluding carboxylic acids is 1. The third-order valence-corrected chi connectivity index (χ3v) is 2.56. The molecule has 2 aromatic rings. The molecule has 0 fully saturated rings. The monoisotopic (exact) mass is 233 g/mol. The van der Waals surface area contributed by atoms with Crippen molar-refractivity contribution in [3.05, 3.63) is 70.8 Å². The number of aldehydes is 1. The quantitative estimate of drug-likeness (QED) is 0.601. The van der Waals surface area contributed by atoms with Crippen molar-refractivity contribution < 1.29 is 4.79 Å². The first kappa shape index (κ1) is 11.8. The lowest BCUT2D eigenvalue weighted by Gasteiger charge is -1.96. The van der Waals surface area contributed by atoms with Gasteiger partial charge in [0.05, 0.1) is 11.6 Å². The summed E-state index contributed by atoms with van der Waals surface area (Å²) in [6, 6.07) is 16.8. The Morgan fingerprint density at radius 1 is 0.889 bits per heavy atom. The van der Waals surface area contributed by atoms with Gasteiger partial charge in [-0.3, -0.25) is 4.79 Å². The number of hydrogen-bond donors (Lipinski definition) is 0. The molecule has 0 N–H and O–H groups in total. The molecule has 2 nitrogen and oxygen atoms in total. The Labute approximate surface area is 106 Å². The van der Waals surface area contributed by atoms with E-state index in [0.29, 0.717) is 11.1 Å². The van der Waals surface area contributed by atoms with E-state index in [1.165, 1.54) is 0 Å². The summed E-state index contributed by atoms with van der Waals surface area (Å²) in [5, 5.41) is 8.80. The van der Waals surface area contributed by atoms with Crippen LogP contribution < -0.4 is 0 Å². The van der Waals surface area contributed by atoms with Gasteiger partial charge < -0.3 is 0 Å². The average Bonchev–Trinajstić information content (AvgIpc) is 2.46.